The number of fused-ring (bicyclic) bond motifs is 1. The van der Waals surface area contributed by atoms with Crippen molar-refractivity contribution in [1.82, 2.24) is 14.7 Å². The summed E-state index contributed by atoms with van der Waals surface area (Å²) in [6.45, 7) is 0.765. The topological polar surface area (TPSA) is 64.2 Å². The van der Waals surface area contributed by atoms with Crippen LogP contribution in [0, 0.1) is 0 Å². The standard InChI is InChI=1S/C19H18F2N4O/c20-16-10-24(11-17(16)21)8-12-4-6-14(7-5-12)25-9-13-2-1-3-15(19(22)26)18(13)23-25/h1-7,9,16-17H,8,10-11H2,(H2,22,26)/t16-,17-/m0/s1. The van der Waals surface area contributed by atoms with Gasteiger partial charge in [0, 0.05) is 31.2 Å². The van der Waals surface area contributed by atoms with Crippen LogP contribution in [0.4, 0.5) is 8.78 Å². The maximum atomic E-state index is 13.3. The summed E-state index contributed by atoms with van der Waals surface area (Å²) in [7, 11) is 0. The van der Waals surface area contributed by atoms with Gasteiger partial charge in [0.25, 0.3) is 5.91 Å². The third-order valence-corrected chi connectivity index (χ3v) is 4.67. The minimum atomic E-state index is -1.40. The molecule has 2 atom stereocenters. The lowest BCUT2D eigenvalue weighted by molar-refractivity contribution is 0.100. The maximum Gasteiger partial charge on any atom is 0.250 e. The molecule has 0 spiro atoms. The molecule has 0 saturated carbocycles. The number of carbonyl (C=O) groups excluding carboxylic acids is 1. The van der Waals surface area contributed by atoms with Crippen molar-refractivity contribution in [3.8, 4) is 5.69 Å². The molecule has 1 aliphatic heterocycles. The second kappa shape index (κ2) is 6.49. The molecule has 2 N–H and O–H groups in total. The van der Waals surface area contributed by atoms with Gasteiger partial charge in [0.2, 0.25) is 0 Å². The predicted molar refractivity (Wildman–Crippen MR) is 94.7 cm³/mol. The van der Waals surface area contributed by atoms with Crippen molar-refractivity contribution in [3.05, 3.63) is 59.8 Å². The summed E-state index contributed by atoms with van der Waals surface area (Å²) in [6.07, 6.45) is -0.964. The molecule has 0 unspecified atom stereocenters. The first-order valence-electron chi connectivity index (χ1n) is 8.39. The number of likely N-dealkylation sites (tertiary alicyclic amines) is 1. The molecule has 134 valence electrons. The Labute approximate surface area is 149 Å². The number of aromatic nitrogens is 2. The SMILES string of the molecule is NC(=O)c1cccc2cn(-c3ccc(CN4C[C@H](F)[C@@H](F)C4)cc3)nc12. The van der Waals surface area contributed by atoms with Gasteiger partial charge in [-0.3, -0.25) is 9.69 Å². The third kappa shape index (κ3) is 3.06. The molecule has 7 heteroatoms. The largest absolute Gasteiger partial charge is 0.366 e. The number of halogens is 2. The van der Waals surface area contributed by atoms with E-state index in [1.165, 1.54) is 0 Å². The Bertz CT molecular complexity index is 944. The van der Waals surface area contributed by atoms with E-state index in [1.807, 2.05) is 36.5 Å². The van der Waals surface area contributed by atoms with Gasteiger partial charge in [0.1, 0.15) is 17.9 Å². The molecule has 1 saturated heterocycles. The van der Waals surface area contributed by atoms with Crippen LogP contribution in [0.25, 0.3) is 16.6 Å². The van der Waals surface area contributed by atoms with Crippen molar-refractivity contribution in [3.63, 3.8) is 0 Å². The summed E-state index contributed by atoms with van der Waals surface area (Å²) in [5.41, 5.74) is 8.14. The number of hydrogen-bond donors (Lipinski definition) is 1. The lowest BCUT2D eigenvalue weighted by Crippen LogP contribution is -2.20. The number of alkyl halides is 2. The molecule has 0 aliphatic carbocycles. The molecule has 3 aromatic rings. The molecule has 0 radical (unpaired) electrons. The van der Waals surface area contributed by atoms with E-state index in [-0.39, 0.29) is 13.1 Å². The lowest BCUT2D eigenvalue weighted by atomic mass is 10.1. The Morgan fingerprint density at radius 1 is 1.12 bits per heavy atom. The van der Waals surface area contributed by atoms with Crippen LogP contribution < -0.4 is 5.73 Å². The Balaban J connectivity index is 1.56. The molecule has 1 amide bonds. The Morgan fingerprint density at radius 2 is 1.81 bits per heavy atom. The zero-order valence-electron chi connectivity index (χ0n) is 14.0. The summed E-state index contributed by atoms with van der Waals surface area (Å²) >= 11 is 0. The summed E-state index contributed by atoms with van der Waals surface area (Å²) in [5, 5.41) is 5.29. The third-order valence-electron chi connectivity index (χ3n) is 4.67. The molecular formula is C19H18F2N4O. The van der Waals surface area contributed by atoms with E-state index < -0.39 is 18.3 Å². The first-order valence-corrected chi connectivity index (χ1v) is 8.39. The van der Waals surface area contributed by atoms with Crippen LogP contribution >= 0.6 is 0 Å². The Kier molecular flexibility index (Phi) is 4.16. The molecule has 2 aromatic carbocycles. The first kappa shape index (κ1) is 16.7. The summed E-state index contributed by atoms with van der Waals surface area (Å²) in [5.74, 6) is -0.515. The van der Waals surface area contributed by atoms with Gasteiger partial charge in [0.05, 0.1) is 11.3 Å². The number of rotatable bonds is 4. The Hall–Kier alpha value is -2.80. The second-order valence-electron chi connectivity index (χ2n) is 6.57. The molecule has 4 rings (SSSR count). The van der Waals surface area contributed by atoms with Crippen LogP contribution in [0.15, 0.2) is 48.7 Å². The minimum absolute atomic E-state index is 0.128. The van der Waals surface area contributed by atoms with Crippen LogP contribution in [0.1, 0.15) is 15.9 Å². The fourth-order valence-electron chi connectivity index (χ4n) is 3.31. The van der Waals surface area contributed by atoms with Crippen LogP contribution in [-0.2, 0) is 6.54 Å². The van der Waals surface area contributed by atoms with E-state index in [9.17, 15) is 13.6 Å². The molecular weight excluding hydrogens is 338 g/mol. The van der Waals surface area contributed by atoms with E-state index >= 15 is 0 Å². The first-order chi connectivity index (χ1) is 12.5. The molecule has 26 heavy (non-hydrogen) atoms. The van der Waals surface area contributed by atoms with Gasteiger partial charge >= 0.3 is 0 Å². The van der Waals surface area contributed by atoms with Crippen molar-refractivity contribution >= 4 is 16.8 Å². The van der Waals surface area contributed by atoms with E-state index in [0.717, 1.165) is 16.6 Å². The number of primary amides is 1. The van der Waals surface area contributed by atoms with E-state index in [0.29, 0.717) is 17.6 Å². The summed E-state index contributed by atoms with van der Waals surface area (Å²) in [6, 6.07) is 12.9. The molecule has 2 heterocycles. The molecule has 1 aliphatic rings. The van der Waals surface area contributed by atoms with Crippen molar-refractivity contribution in [2.45, 2.75) is 18.9 Å². The smallest absolute Gasteiger partial charge is 0.250 e. The highest BCUT2D eigenvalue weighted by atomic mass is 19.2. The number of hydrogen-bond acceptors (Lipinski definition) is 3. The van der Waals surface area contributed by atoms with E-state index in [2.05, 4.69) is 5.10 Å². The number of benzene rings is 2. The normalized spacial score (nSPS) is 20.7. The van der Waals surface area contributed by atoms with Crippen LogP contribution in [-0.4, -0.2) is 46.0 Å². The number of carbonyl (C=O) groups is 1. The second-order valence-corrected chi connectivity index (χ2v) is 6.57. The van der Waals surface area contributed by atoms with Gasteiger partial charge in [-0.1, -0.05) is 24.3 Å². The van der Waals surface area contributed by atoms with Crippen molar-refractivity contribution in [2.24, 2.45) is 5.73 Å². The predicted octanol–water partition coefficient (Wildman–Crippen LogP) is 2.62. The van der Waals surface area contributed by atoms with Crippen molar-refractivity contribution in [2.75, 3.05) is 13.1 Å². The number of amides is 1. The van der Waals surface area contributed by atoms with E-state index in [4.69, 9.17) is 5.73 Å². The number of nitrogens with two attached hydrogens (primary N) is 1. The highest BCUT2D eigenvalue weighted by molar-refractivity contribution is 6.04. The van der Waals surface area contributed by atoms with Crippen LogP contribution in [0.5, 0.6) is 0 Å². The summed E-state index contributed by atoms with van der Waals surface area (Å²) in [4.78, 5) is 13.3. The maximum absolute atomic E-state index is 13.3. The average Bonchev–Trinajstić information content (AvgIpc) is 3.18. The van der Waals surface area contributed by atoms with Gasteiger partial charge in [-0.15, -0.1) is 0 Å². The van der Waals surface area contributed by atoms with Crippen molar-refractivity contribution < 1.29 is 13.6 Å². The van der Waals surface area contributed by atoms with E-state index in [1.54, 1.807) is 21.7 Å². The fraction of sp³-hybridized carbons (Fsp3) is 0.263. The molecule has 1 fully saturated rings. The summed E-state index contributed by atoms with van der Waals surface area (Å²) < 4.78 is 28.3. The highest BCUT2D eigenvalue weighted by Crippen LogP contribution is 2.21. The molecule has 1 aromatic heterocycles. The van der Waals surface area contributed by atoms with Gasteiger partial charge in [-0.2, -0.15) is 5.10 Å². The van der Waals surface area contributed by atoms with Gasteiger partial charge < -0.3 is 5.73 Å². The minimum Gasteiger partial charge on any atom is -0.366 e. The Morgan fingerprint density at radius 3 is 2.46 bits per heavy atom. The van der Waals surface area contributed by atoms with Crippen LogP contribution in [0.2, 0.25) is 0 Å². The fourth-order valence-corrected chi connectivity index (χ4v) is 3.31. The lowest BCUT2D eigenvalue weighted by Gasteiger charge is -2.14. The van der Waals surface area contributed by atoms with Crippen LogP contribution in [0.3, 0.4) is 0 Å². The number of nitrogens with zero attached hydrogens (tertiary/aromatic N) is 3. The molecule has 0 bridgehead atoms. The zero-order valence-corrected chi connectivity index (χ0v) is 14.0. The van der Waals surface area contributed by atoms with Gasteiger partial charge in [-0.25, -0.2) is 13.5 Å². The quantitative estimate of drug-likeness (QED) is 0.782. The zero-order chi connectivity index (χ0) is 18.3. The highest BCUT2D eigenvalue weighted by Gasteiger charge is 2.32. The van der Waals surface area contributed by atoms with Gasteiger partial charge in [-0.05, 0) is 23.8 Å². The molecule has 5 nitrogen and oxygen atoms in total. The van der Waals surface area contributed by atoms with Crippen molar-refractivity contribution in [1.29, 1.82) is 0 Å². The average molecular weight is 356 g/mol. The monoisotopic (exact) mass is 356 g/mol. The van der Waals surface area contributed by atoms with Gasteiger partial charge in [0.15, 0.2) is 0 Å².